The molecule has 1 aromatic carbocycles. The van der Waals surface area contributed by atoms with Crippen LogP contribution >= 0.6 is 0 Å². The van der Waals surface area contributed by atoms with Gasteiger partial charge in [-0.05, 0) is 31.6 Å². The Labute approximate surface area is 122 Å². The number of carboxylic acids is 1. The van der Waals surface area contributed by atoms with E-state index in [0.29, 0.717) is 11.3 Å². The van der Waals surface area contributed by atoms with Crippen LogP contribution in [-0.4, -0.2) is 20.9 Å². The van der Waals surface area contributed by atoms with Gasteiger partial charge in [-0.25, -0.2) is 9.48 Å². The molecule has 2 aromatic rings. The molecule has 0 bridgehead atoms. The van der Waals surface area contributed by atoms with E-state index in [0.717, 1.165) is 22.8 Å². The number of carboxylic acid groups (broad SMARTS) is 1. The first-order chi connectivity index (χ1) is 9.88. The van der Waals surface area contributed by atoms with Gasteiger partial charge >= 0.3 is 5.97 Å². The fourth-order valence-corrected chi connectivity index (χ4v) is 2.14. The van der Waals surface area contributed by atoms with Crippen LogP contribution in [0.5, 0.6) is 0 Å². The molecule has 0 spiro atoms. The number of benzene rings is 1. The molecule has 1 heterocycles. The van der Waals surface area contributed by atoms with Crippen molar-refractivity contribution in [2.24, 2.45) is 7.05 Å². The lowest BCUT2D eigenvalue weighted by Crippen LogP contribution is -2.22. The van der Waals surface area contributed by atoms with Crippen LogP contribution in [0.2, 0.25) is 0 Å². The van der Waals surface area contributed by atoms with Crippen LogP contribution in [0.25, 0.3) is 17.3 Å². The smallest absolute Gasteiger partial charge is 0.328 e. The molecule has 5 heteroatoms. The van der Waals surface area contributed by atoms with Crippen molar-refractivity contribution in [2.75, 3.05) is 0 Å². The summed E-state index contributed by atoms with van der Waals surface area (Å²) < 4.78 is 1.22. The Morgan fingerprint density at radius 3 is 2.62 bits per heavy atom. The van der Waals surface area contributed by atoms with E-state index in [1.165, 1.54) is 10.8 Å². The Bertz CT molecular complexity index is 789. The van der Waals surface area contributed by atoms with Crippen molar-refractivity contribution in [1.29, 1.82) is 0 Å². The van der Waals surface area contributed by atoms with Crippen LogP contribution in [-0.2, 0) is 11.8 Å². The molecule has 0 atom stereocenters. The molecule has 0 fully saturated rings. The van der Waals surface area contributed by atoms with Crippen molar-refractivity contribution in [2.45, 2.75) is 13.8 Å². The summed E-state index contributed by atoms with van der Waals surface area (Å²) in [5, 5.41) is 12.9. The molecule has 21 heavy (non-hydrogen) atoms. The third-order valence-corrected chi connectivity index (χ3v) is 3.15. The lowest BCUT2D eigenvalue weighted by Gasteiger charge is -2.08. The molecule has 0 aliphatic carbocycles. The SMILES string of the molecule is Cc1ccc(-c2cc(/C=C/C(=O)O)c(=O)n(C)n2)c(C)c1. The molecule has 0 aliphatic heterocycles. The number of nitrogens with zero attached hydrogens (tertiary/aromatic N) is 2. The average Bonchev–Trinajstić information content (AvgIpc) is 2.40. The maximum Gasteiger partial charge on any atom is 0.328 e. The predicted molar refractivity (Wildman–Crippen MR) is 81.1 cm³/mol. The summed E-state index contributed by atoms with van der Waals surface area (Å²) in [7, 11) is 1.55. The van der Waals surface area contributed by atoms with Crippen molar-refractivity contribution < 1.29 is 9.90 Å². The van der Waals surface area contributed by atoms with Gasteiger partial charge in [-0.2, -0.15) is 5.10 Å². The Balaban J connectivity index is 2.60. The summed E-state index contributed by atoms with van der Waals surface area (Å²) in [5.74, 6) is -1.10. The zero-order chi connectivity index (χ0) is 15.6. The minimum Gasteiger partial charge on any atom is -0.478 e. The molecule has 1 N–H and O–H groups in total. The van der Waals surface area contributed by atoms with E-state index in [1.54, 1.807) is 13.1 Å². The Morgan fingerprint density at radius 2 is 2.00 bits per heavy atom. The lowest BCUT2D eigenvalue weighted by molar-refractivity contribution is -0.131. The summed E-state index contributed by atoms with van der Waals surface area (Å²) in [6, 6.07) is 7.57. The summed E-state index contributed by atoms with van der Waals surface area (Å²) in [5.41, 5.74) is 3.72. The molecule has 0 saturated carbocycles. The second-order valence-corrected chi connectivity index (χ2v) is 4.90. The van der Waals surface area contributed by atoms with Crippen molar-refractivity contribution in [3.63, 3.8) is 0 Å². The van der Waals surface area contributed by atoms with Crippen LogP contribution in [0, 0.1) is 13.8 Å². The molecule has 108 valence electrons. The highest BCUT2D eigenvalue weighted by molar-refractivity contribution is 5.85. The summed E-state index contributed by atoms with van der Waals surface area (Å²) in [6.07, 6.45) is 2.24. The second kappa shape index (κ2) is 5.75. The first-order valence-electron chi connectivity index (χ1n) is 6.45. The molecule has 5 nitrogen and oxygen atoms in total. The van der Waals surface area contributed by atoms with Crippen LogP contribution in [0.4, 0.5) is 0 Å². The van der Waals surface area contributed by atoms with Crippen molar-refractivity contribution >= 4 is 12.0 Å². The third kappa shape index (κ3) is 3.25. The number of aryl methyl sites for hydroxylation is 3. The maximum atomic E-state index is 12.0. The molecular weight excluding hydrogens is 268 g/mol. The van der Waals surface area contributed by atoms with E-state index in [9.17, 15) is 9.59 Å². The standard InChI is InChI=1S/C16H16N2O3/c1-10-4-6-13(11(2)8-10)14-9-12(5-7-15(19)20)16(21)18(3)17-14/h4-9H,1-3H3,(H,19,20)/b7-5+. The minimum absolute atomic E-state index is 0.296. The Morgan fingerprint density at radius 1 is 1.29 bits per heavy atom. The van der Waals surface area contributed by atoms with Gasteiger partial charge in [-0.15, -0.1) is 0 Å². The first kappa shape index (κ1) is 14.7. The monoisotopic (exact) mass is 284 g/mol. The largest absolute Gasteiger partial charge is 0.478 e. The van der Waals surface area contributed by atoms with Gasteiger partial charge in [0.15, 0.2) is 0 Å². The highest BCUT2D eigenvalue weighted by Crippen LogP contribution is 2.22. The van der Waals surface area contributed by atoms with E-state index >= 15 is 0 Å². The van der Waals surface area contributed by atoms with Crippen molar-refractivity contribution in [3.05, 3.63) is 57.4 Å². The number of aliphatic carboxylic acids is 1. The van der Waals surface area contributed by atoms with E-state index in [1.807, 2.05) is 32.0 Å². The average molecular weight is 284 g/mol. The van der Waals surface area contributed by atoms with Crippen LogP contribution in [0.3, 0.4) is 0 Å². The number of hydrogen-bond donors (Lipinski definition) is 1. The summed E-state index contributed by atoms with van der Waals surface area (Å²) in [4.78, 5) is 22.6. The minimum atomic E-state index is -1.10. The summed E-state index contributed by atoms with van der Waals surface area (Å²) >= 11 is 0. The molecule has 2 rings (SSSR count). The number of carbonyl (C=O) groups is 1. The van der Waals surface area contributed by atoms with E-state index in [-0.39, 0.29) is 5.56 Å². The zero-order valence-corrected chi connectivity index (χ0v) is 12.1. The van der Waals surface area contributed by atoms with Gasteiger partial charge in [0.25, 0.3) is 5.56 Å². The van der Waals surface area contributed by atoms with E-state index in [4.69, 9.17) is 5.11 Å². The van der Waals surface area contributed by atoms with Crippen LogP contribution < -0.4 is 5.56 Å². The van der Waals surface area contributed by atoms with Gasteiger partial charge in [0.05, 0.1) is 5.69 Å². The van der Waals surface area contributed by atoms with E-state index in [2.05, 4.69) is 5.10 Å². The zero-order valence-electron chi connectivity index (χ0n) is 12.1. The molecule has 0 saturated heterocycles. The number of hydrogen-bond acceptors (Lipinski definition) is 3. The van der Waals surface area contributed by atoms with Gasteiger partial charge in [-0.1, -0.05) is 23.8 Å². The topological polar surface area (TPSA) is 72.2 Å². The quantitative estimate of drug-likeness (QED) is 0.877. The molecule has 0 aliphatic rings. The van der Waals surface area contributed by atoms with Gasteiger partial charge < -0.3 is 5.11 Å². The third-order valence-electron chi connectivity index (χ3n) is 3.15. The second-order valence-electron chi connectivity index (χ2n) is 4.90. The molecule has 1 aromatic heterocycles. The fourth-order valence-electron chi connectivity index (χ4n) is 2.14. The number of rotatable bonds is 3. The Hall–Kier alpha value is -2.69. The van der Waals surface area contributed by atoms with E-state index < -0.39 is 5.97 Å². The van der Waals surface area contributed by atoms with Crippen LogP contribution in [0.1, 0.15) is 16.7 Å². The first-order valence-corrected chi connectivity index (χ1v) is 6.45. The summed E-state index contributed by atoms with van der Waals surface area (Å²) in [6.45, 7) is 3.98. The lowest BCUT2D eigenvalue weighted by atomic mass is 10.0. The van der Waals surface area contributed by atoms with Gasteiger partial charge in [-0.3, -0.25) is 4.79 Å². The fraction of sp³-hybridized carbons (Fsp3) is 0.188. The number of aromatic nitrogens is 2. The molecule has 0 radical (unpaired) electrons. The van der Waals surface area contributed by atoms with Gasteiger partial charge in [0.1, 0.15) is 0 Å². The highest BCUT2D eigenvalue weighted by atomic mass is 16.4. The van der Waals surface area contributed by atoms with Gasteiger partial charge in [0, 0.05) is 24.3 Å². The highest BCUT2D eigenvalue weighted by Gasteiger charge is 2.08. The van der Waals surface area contributed by atoms with Crippen molar-refractivity contribution in [1.82, 2.24) is 9.78 Å². The normalized spacial score (nSPS) is 11.0. The van der Waals surface area contributed by atoms with Crippen LogP contribution in [0.15, 0.2) is 35.1 Å². The molecule has 0 amide bonds. The Kier molecular flexibility index (Phi) is 4.03. The molecular formula is C16H16N2O3. The van der Waals surface area contributed by atoms with Gasteiger partial charge in [0.2, 0.25) is 0 Å². The predicted octanol–water partition coefficient (Wildman–Crippen LogP) is 2.16. The van der Waals surface area contributed by atoms with Crippen molar-refractivity contribution in [3.8, 4) is 11.3 Å². The maximum absolute atomic E-state index is 12.0. The molecule has 0 unspecified atom stereocenters.